The zero-order valence-electron chi connectivity index (χ0n) is 19.5. The largest absolute Gasteiger partial charge is 0.416 e. The molecule has 4 rings (SSSR count). The van der Waals surface area contributed by atoms with Crippen molar-refractivity contribution in [2.45, 2.75) is 43.9 Å². The first kappa shape index (κ1) is 24.8. The summed E-state index contributed by atoms with van der Waals surface area (Å²) in [5.41, 5.74) is 1.26. The van der Waals surface area contributed by atoms with Crippen molar-refractivity contribution in [3.8, 4) is 0 Å². The van der Waals surface area contributed by atoms with E-state index in [9.17, 15) is 22.8 Å². The van der Waals surface area contributed by atoms with E-state index in [0.29, 0.717) is 32.0 Å². The molecule has 2 aliphatic rings. The highest BCUT2D eigenvalue weighted by atomic mass is 19.4. The lowest BCUT2D eigenvalue weighted by Gasteiger charge is -2.33. The van der Waals surface area contributed by atoms with Gasteiger partial charge in [-0.1, -0.05) is 0 Å². The van der Waals surface area contributed by atoms with E-state index in [-0.39, 0.29) is 11.6 Å². The maximum absolute atomic E-state index is 13.1. The van der Waals surface area contributed by atoms with Crippen LogP contribution in [-0.2, 0) is 15.7 Å². The normalized spacial score (nSPS) is 20.7. The van der Waals surface area contributed by atoms with E-state index < -0.39 is 23.8 Å². The van der Waals surface area contributed by atoms with Crippen LogP contribution >= 0.6 is 0 Å². The number of urea groups is 1. The molecule has 2 fully saturated rings. The number of alkyl halides is 3. The molecule has 10 heteroatoms. The Morgan fingerprint density at radius 1 is 1.00 bits per heavy atom. The Morgan fingerprint density at radius 3 is 2.31 bits per heavy atom. The van der Waals surface area contributed by atoms with Crippen molar-refractivity contribution >= 4 is 29.0 Å². The maximum Gasteiger partial charge on any atom is 0.416 e. The number of nitrogens with one attached hydrogen (secondary N) is 2. The van der Waals surface area contributed by atoms with Gasteiger partial charge in [-0.15, -0.1) is 0 Å². The van der Waals surface area contributed by atoms with Gasteiger partial charge in [0.1, 0.15) is 6.04 Å². The quantitative estimate of drug-likeness (QED) is 0.619. The molecule has 2 saturated heterocycles. The first-order chi connectivity index (χ1) is 16.8. The van der Waals surface area contributed by atoms with Gasteiger partial charge in [-0.05, 0) is 74.2 Å². The van der Waals surface area contributed by atoms with Gasteiger partial charge < -0.3 is 25.2 Å². The van der Waals surface area contributed by atoms with E-state index in [4.69, 9.17) is 4.74 Å². The van der Waals surface area contributed by atoms with Gasteiger partial charge >= 0.3 is 12.2 Å². The van der Waals surface area contributed by atoms with Gasteiger partial charge in [0.15, 0.2) is 0 Å². The predicted octanol–water partition coefficient (Wildman–Crippen LogP) is 4.64. The molecule has 0 bridgehead atoms. The average molecular weight is 491 g/mol. The number of piperidine rings is 1. The molecule has 0 saturated carbocycles. The summed E-state index contributed by atoms with van der Waals surface area (Å²) in [5, 5.41) is 5.14. The maximum atomic E-state index is 13.1. The van der Waals surface area contributed by atoms with Crippen LogP contribution in [0.3, 0.4) is 0 Å². The summed E-state index contributed by atoms with van der Waals surface area (Å²) in [6, 6.07) is 11.0. The monoisotopic (exact) mass is 490 g/mol. The second-order valence-electron chi connectivity index (χ2n) is 8.82. The van der Waals surface area contributed by atoms with Crippen molar-refractivity contribution in [2.75, 3.05) is 41.9 Å². The number of halogens is 3. The van der Waals surface area contributed by atoms with Crippen LogP contribution in [0, 0.1) is 0 Å². The van der Waals surface area contributed by atoms with Crippen molar-refractivity contribution in [3.05, 3.63) is 54.1 Å². The number of anilines is 3. The molecule has 0 aliphatic carbocycles. The summed E-state index contributed by atoms with van der Waals surface area (Å²) in [4.78, 5) is 29.5. The van der Waals surface area contributed by atoms with Crippen LogP contribution in [0.2, 0.25) is 0 Å². The summed E-state index contributed by atoms with van der Waals surface area (Å²) in [6.07, 6.45) is -1.05. The molecule has 0 radical (unpaired) electrons. The van der Waals surface area contributed by atoms with Crippen LogP contribution in [0.4, 0.5) is 35.0 Å². The van der Waals surface area contributed by atoms with E-state index in [1.54, 1.807) is 12.0 Å². The molecule has 2 aliphatic heterocycles. The third-order valence-electron chi connectivity index (χ3n) is 6.44. The summed E-state index contributed by atoms with van der Waals surface area (Å²) in [7, 11) is 1.70. The van der Waals surface area contributed by atoms with E-state index in [0.717, 1.165) is 42.9 Å². The fourth-order valence-electron chi connectivity index (χ4n) is 4.70. The number of hydrogen-bond donors (Lipinski definition) is 2. The molecular weight excluding hydrogens is 461 g/mol. The number of hydrogen-bond acceptors (Lipinski definition) is 4. The van der Waals surface area contributed by atoms with Gasteiger partial charge in [0.2, 0.25) is 5.91 Å². The molecule has 2 heterocycles. The number of rotatable bonds is 6. The van der Waals surface area contributed by atoms with Gasteiger partial charge in [-0.2, -0.15) is 13.2 Å². The van der Waals surface area contributed by atoms with Crippen LogP contribution in [0.1, 0.15) is 31.2 Å². The van der Waals surface area contributed by atoms with E-state index in [1.165, 1.54) is 12.1 Å². The molecule has 2 aromatic carbocycles. The minimum atomic E-state index is -4.45. The Kier molecular flexibility index (Phi) is 7.49. The Hall–Kier alpha value is -3.27. The molecule has 2 atom stereocenters. The topological polar surface area (TPSA) is 73.9 Å². The molecule has 0 aromatic heterocycles. The van der Waals surface area contributed by atoms with Gasteiger partial charge in [0, 0.05) is 37.3 Å². The van der Waals surface area contributed by atoms with Crippen LogP contribution in [0.5, 0.6) is 0 Å². The average Bonchev–Trinajstić information content (AvgIpc) is 3.29. The highest BCUT2D eigenvalue weighted by molar-refractivity contribution is 6.01. The van der Waals surface area contributed by atoms with Crippen LogP contribution in [0.25, 0.3) is 0 Å². The fraction of sp³-hybridized carbons (Fsp3) is 0.440. The SMILES string of the molecule is COCC1CCCN1c1ccc(N2CCC[C@@H](NC(=O)Nc3ccc(C(F)(F)F)cc3)C2=O)cc1. The molecule has 1 unspecified atom stereocenters. The van der Waals surface area contributed by atoms with Crippen molar-refractivity contribution in [2.24, 2.45) is 0 Å². The number of benzene rings is 2. The molecule has 35 heavy (non-hydrogen) atoms. The molecule has 2 aromatic rings. The number of carbonyl (C=O) groups excluding carboxylic acids is 2. The third kappa shape index (κ3) is 5.87. The molecule has 3 amide bonds. The summed E-state index contributed by atoms with van der Waals surface area (Å²) < 4.78 is 43.5. The van der Waals surface area contributed by atoms with E-state index in [2.05, 4.69) is 15.5 Å². The van der Waals surface area contributed by atoms with Crippen molar-refractivity contribution in [1.82, 2.24) is 5.32 Å². The molecule has 7 nitrogen and oxygen atoms in total. The number of nitrogens with zero attached hydrogens (tertiary/aromatic N) is 2. The van der Waals surface area contributed by atoms with Crippen LogP contribution < -0.4 is 20.4 Å². The summed E-state index contributed by atoms with van der Waals surface area (Å²) in [6.45, 7) is 2.19. The lowest BCUT2D eigenvalue weighted by Crippen LogP contribution is -2.53. The second-order valence-corrected chi connectivity index (χ2v) is 8.82. The highest BCUT2D eigenvalue weighted by Gasteiger charge is 2.32. The lowest BCUT2D eigenvalue weighted by molar-refractivity contribution is -0.137. The van der Waals surface area contributed by atoms with Crippen molar-refractivity contribution < 1.29 is 27.5 Å². The van der Waals surface area contributed by atoms with Crippen molar-refractivity contribution in [1.29, 1.82) is 0 Å². The van der Waals surface area contributed by atoms with Crippen molar-refractivity contribution in [3.63, 3.8) is 0 Å². The summed E-state index contributed by atoms with van der Waals surface area (Å²) >= 11 is 0. The zero-order chi connectivity index (χ0) is 25.0. The minimum Gasteiger partial charge on any atom is -0.383 e. The Balaban J connectivity index is 1.36. The molecule has 0 spiro atoms. The second kappa shape index (κ2) is 10.6. The number of ether oxygens (including phenoxy) is 1. The van der Waals surface area contributed by atoms with Gasteiger partial charge in [0.25, 0.3) is 0 Å². The van der Waals surface area contributed by atoms with E-state index >= 15 is 0 Å². The predicted molar refractivity (Wildman–Crippen MR) is 128 cm³/mol. The first-order valence-corrected chi connectivity index (χ1v) is 11.7. The number of amides is 3. The molecular formula is C25H29F3N4O3. The van der Waals surface area contributed by atoms with Gasteiger partial charge in [0.05, 0.1) is 18.2 Å². The van der Waals surface area contributed by atoms with Crippen LogP contribution in [-0.4, -0.2) is 50.8 Å². The fourth-order valence-corrected chi connectivity index (χ4v) is 4.70. The Labute approximate surface area is 202 Å². The smallest absolute Gasteiger partial charge is 0.383 e. The van der Waals surface area contributed by atoms with Gasteiger partial charge in [-0.3, -0.25) is 4.79 Å². The standard InChI is InChI=1S/C25H29F3N4O3/c1-35-16-21-4-2-14-31(21)19-10-12-20(13-11-19)32-15-3-5-22(23(32)33)30-24(34)29-18-8-6-17(7-9-18)25(26,27)28/h6-13,21-22H,2-5,14-16H2,1H3,(H2,29,30,34)/t21?,22-/m1/s1. The van der Waals surface area contributed by atoms with Crippen LogP contribution in [0.15, 0.2) is 48.5 Å². The third-order valence-corrected chi connectivity index (χ3v) is 6.44. The first-order valence-electron chi connectivity index (χ1n) is 11.7. The number of methoxy groups -OCH3 is 1. The molecule has 2 N–H and O–H groups in total. The Morgan fingerprint density at radius 2 is 1.66 bits per heavy atom. The molecule has 188 valence electrons. The minimum absolute atomic E-state index is 0.208. The zero-order valence-corrected chi connectivity index (χ0v) is 19.5. The highest BCUT2D eigenvalue weighted by Crippen LogP contribution is 2.31. The van der Waals surface area contributed by atoms with Gasteiger partial charge in [-0.25, -0.2) is 4.79 Å². The van der Waals surface area contributed by atoms with E-state index in [1.807, 2.05) is 24.3 Å². The summed E-state index contributed by atoms with van der Waals surface area (Å²) in [5.74, 6) is -0.218. The number of carbonyl (C=O) groups is 2. The lowest BCUT2D eigenvalue weighted by atomic mass is 10.0. The Bertz CT molecular complexity index is 1030.